The van der Waals surface area contributed by atoms with Crippen LogP contribution in [-0.2, 0) is 9.59 Å². The highest BCUT2D eigenvalue weighted by molar-refractivity contribution is 7.22. The number of carbonyl (C=O) groups excluding carboxylic acids is 5. The van der Waals surface area contributed by atoms with Crippen LogP contribution in [-0.4, -0.2) is 85.2 Å². The van der Waals surface area contributed by atoms with Crippen molar-refractivity contribution in [2.24, 2.45) is 0 Å². The van der Waals surface area contributed by atoms with Crippen LogP contribution in [0.15, 0.2) is 115 Å². The number of amides is 5. The second-order valence-electron chi connectivity index (χ2n) is 15.9. The van der Waals surface area contributed by atoms with Crippen LogP contribution in [0.3, 0.4) is 0 Å². The fraction of sp³-hybridized carbons (Fsp3) is 0.167. The summed E-state index contributed by atoms with van der Waals surface area (Å²) in [5, 5.41) is 27.5. The number of hydrogen-bond donors (Lipinski definition) is 8. The molecular formula is C48H44N10O5S2. The van der Waals surface area contributed by atoms with Crippen molar-refractivity contribution < 1.29 is 24.0 Å². The minimum absolute atomic E-state index is 0.00414. The standard InChI is InChI=1S/C48H44N10O5S2/c1-26-24-49-43-41-31-15-19-38(55-33(31)16-18-37(41)65-45(43)47(62)51-26)56-34-10-4-5-11-35(34)57-40(60)20-14-30-25-50-42-32-22-27(13-17-36(32)64-44(42)48(63)54-30)46(61)53-29-9-6-8-28(23-29)52-39(59)12-7-21-58(2)3/h4-20,22-23,26,30,49-50H,21,24-25H2,1-3H3,(H,51,62)(H,52,59)(H,53,61)(H,54,63)(H,55,56)(H,57,60)/b12-7+,20-14+/t26-,30-/m1/s1. The maximum Gasteiger partial charge on any atom is 0.264 e. The highest BCUT2D eigenvalue weighted by Gasteiger charge is 2.27. The molecule has 15 nitrogen and oxygen atoms in total. The molecule has 0 bridgehead atoms. The van der Waals surface area contributed by atoms with Crippen molar-refractivity contribution in [3.63, 3.8) is 0 Å². The Hall–Kier alpha value is -7.60. The molecular weight excluding hydrogens is 861 g/mol. The Morgan fingerprint density at radius 3 is 2.29 bits per heavy atom. The van der Waals surface area contributed by atoms with Crippen LogP contribution in [0, 0.1) is 0 Å². The number of nitrogens with zero attached hydrogens (tertiary/aromatic N) is 2. The van der Waals surface area contributed by atoms with Crippen molar-refractivity contribution in [3.05, 3.63) is 131 Å². The molecule has 328 valence electrons. The lowest BCUT2D eigenvalue weighted by atomic mass is 10.1. The van der Waals surface area contributed by atoms with Gasteiger partial charge < -0.3 is 47.4 Å². The van der Waals surface area contributed by atoms with Crippen LogP contribution in [0.5, 0.6) is 0 Å². The van der Waals surface area contributed by atoms with Crippen molar-refractivity contribution in [2.75, 3.05) is 65.6 Å². The number of rotatable bonds is 11. The van der Waals surface area contributed by atoms with Crippen molar-refractivity contribution in [1.82, 2.24) is 20.5 Å². The summed E-state index contributed by atoms with van der Waals surface area (Å²) in [6, 6.07) is 26.8. The third-order valence-corrected chi connectivity index (χ3v) is 13.0. The number of anilines is 7. The number of benzene rings is 4. The first-order valence-electron chi connectivity index (χ1n) is 20.9. The average Bonchev–Trinajstić information content (AvgIpc) is 3.76. The first kappa shape index (κ1) is 42.7. The molecule has 17 heteroatoms. The van der Waals surface area contributed by atoms with Gasteiger partial charge in [0.2, 0.25) is 11.8 Å². The van der Waals surface area contributed by atoms with E-state index in [1.807, 2.05) is 74.4 Å². The largest absolute Gasteiger partial charge is 0.381 e. The Balaban J connectivity index is 0.840. The van der Waals surface area contributed by atoms with Gasteiger partial charge in [0.15, 0.2) is 0 Å². The summed E-state index contributed by atoms with van der Waals surface area (Å²) in [5.74, 6) is -0.825. The minimum atomic E-state index is -0.515. The van der Waals surface area contributed by atoms with Gasteiger partial charge in [0.05, 0.1) is 34.3 Å². The van der Waals surface area contributed by atoms with E-state index in [4.69, 9.17) is 4.98 Å². The molecule has 9 rings (SSSR count). The van der Waals surface area contributed by atoms with Crippen molar-refractivity contribution in [3.8, 4) is 0 Å². The van der Waals surface area contributed by atoms with Crippen molar-refractivity contribution >= 4 is 123 Å². The van der Waals surface area contributed by atoms with Gasteiger partial charge in [0, 0.05) is 80.3 Å². The molecule has 2 aliphatic rings. The summed E-state index contributed by atoms with van der Waals surface area (Å²) in [7, 11) is 3.83. The number of fused-ring (bicyclic) bond motifs is 8. The summed E-state index contributed by atoms with van der Waals surface area (Å²) in [5.41, 5.74) is 4.80. The van der Waals surface area contributed by atoms with E-state index in [0.717, 1.165) is 36.8 Å². The fourth-order valence-electron chi connectivity index (χ4n) is 7.63. The van der Waals surface area contributed by atoms with E-state index >= 15 is 0 Å². The van der Waals surface area contributed by atoms with Gasteiger partial charge in [0.1, 0.15) is 15.6 Å². The van der Waals surface area contributed by atoms with E-state index in [2.05, 4.69) is 42.5 Å². The van der Waals surface area contributed by atoms with Gasteiger partial charge in [-0.25, -0.2) is 4.98 Å². The van der Waals surface area contributed by atoms with Crippen LogP contribution in [0.2, 0.25) is 0 Å². The Bertz CT molecular complexity index is 3120. The van der Waals surface area contributed by atoms with E-state index in [9.17, 15) is 24.0 Å². The summed E-state index contributed by atoms with van der Waals surface area (Å²) >= 11 is 2.77. The molecule has 5 heterocycles. The summed E-state index contributed by atoms with van der Waals surface area (Å²) < 4.78 is 1.83. The second kappa shape index (κ2) is 18.2. The van der Waals surface area contributed by atoms with Crippen LogP contribution in [0.1, 0.15) is 36.6 Å². The number of thiophene rings is 2. The predicted octanol–water partition coefficient (Wildman–Crippen LogP) is 7.98. The van der Waals surface area contributed by atoms with Gasteiger partial charge in [-0.1, -0.05) is 30.4 Å². The first-order chi connectivity index (χ1) is 31.4. The van der Waals surface area contributed by atoms with E-state index in [-0.39, 0.29) is 29.7 Å². The molecule has 4 aromatic carbocycles. The Morgan fingerprint density at radius 2 is 1.46 bits per heavy atom. The quantitative estimate of drug-likeness (QED) is 0.0590. The number of carbonyl (C=O) groups is 5. The van der Waals surface area contributed by atoms with Crippen LogP contribution in [0.4, 0.5) is 39.9 Å². The Kier molecular flexibility index (Phi) is 12.0. The highest BCUT2D eigenvalue weighted by Crippen LogP contribution is 2.42. The van der Waals surface area contributed by atoms with E-state index in [1.165, 1.54) is 34.8 Å². The van der Waals surface area contributed by atoms with Gasteiger partial charge in [-0.05, 0) is 93.8 Å². The molecule has 0 unspecified atom stereocenters. The highest BCUT2D eigenvalue weighted by atomic mass is 32.1. The average molecular weight is 905 g/mol. The molecule has 65 heavy (non-hydrogen) atoms. The van der Waals surface area contributed by atoms with Crippen molar-refractivity contribution in [2.45, 2.75) is 19.0 Å². The van der Waals surface area contributed by atoms with Crippen LogP contribution < -0.4 is 42.5 Å². The van der Waals surface area contributed by atoms with Gasteiger partial charge in [0.25, 0.3) is 17.7 Å². The molecule has 0 radical (unpaired) electrons. The van der Waals surface area contributed by atoms with Gasteiger partial charge in [-0.3, -0.25) is 24.0 Å². The molecule has 3 aromatic heterocycles. The lowest BCUT2D eigenvalue weighted by Gasteiger charge is -2.14. The predicted molar refractivity (Wildman–Crippen MR) is 262 cm³/mol. The first-order valence-corrected chi connectivity index (χ1v) is 22.5. The van der Waals surface area contributed by atoms with Crippen LogP contribution in [0.25, 0.3) is 31.1 Å². The summed E-state index contributed by atoms with van der Waals surface area (Å²) in [4.78, 5) is 73.4. The number of aromatic nitrogens is 1. The zero-order chi connectivity index (χ0) is 45.2. The fourth-order valence-corrected chi connectivity index (χ4v) is 9.79. The van der Waals surface area contributed by atoms with E-state index in [0.29, 0.717) is 69.2 Å². The zero-order valence-electron chi connectivity index (χ0n) is 35.5. The monoisotopic (exact) mass is 904 g/mol. The maximum absolute atomic E-state index is 13.5. The molecule has 0 saturated carbocycles. The second-order valence-corrected chi connectivity index (χ2v) is 18.1. The lowest BCUT2D eigenvalue weighted by Crippen LogP contribution is -2.35. The van der Waals surface area contributed by atoms with E-state index in [1.54, 1.807) is 54.6 Å². The van der Waals surface area contributed by atoms with E-state index < -0.39 is 11.9 Å². The van der Waals surface area contributed by atoms with Gasteiger partial charge in [-0.15, -0.1) is 22.7 Å². The molecule has 7 aromatic rings. The molecule has 0 spiro atoms. The molecule has 0 fully saturated rings. The smallest absolute Gasteiger partial charge is 0.264 e. The summed E-state index contributed by atoms with van der Waals surface area (Å²) in [6.07, 6.45) is 6.27. The molecule has 2 aliphatic heterocycles. The number of hydrogen-bond acceptors (Lipinski definition) is 12. The minimum Gasteiger partial charge on any atom is -0.381 e. The molecule has 8 N–H and O–H groups in total. The van der Waals surface area contributed by atoms with Crippen LogP contribution >= 0.6 is 22.7 Å². The Labute approximate surface area is 381 Å². The number of para-hydroxylation sites is 2. The van der Waals surface area contributed by atoms with Crippen molar-refractivity contribution in [1.29, 1.82) is 0 Å². The lowest BCUT2D eigenvalue weighted by molar-refractivity contribution is -0.112. The molecule has 0 aliphatic carbocycles. The normalized spacial score (nSPS) is 16.0. The Morgan fingerprint density at radius 1 is 0.738 bits per heavy atom. The zero-order valence-corrected chi connectivity index (χ0v) is 37.1. The third kappa shape index (κ3) is 9.38. The maximum atomic E-state index is 13.5. The molecule has 2 atom stereocenters. The molecule has 5 amide bonds. The number of pyridine rings is 1. The van der Waals surface area contributed by atoms with Gasteiger partial charge in [-0.2, -0.15) is 0 Å². The molecule has 0 saturated heterocycles. The number of nitrogens with one attached hydrogen (secondary N) is 8. The summed E-state index contributed by atoms with van der Waals surface area (Å²) in [6.45, 7) is 3.51. The topological polar surface area (TPSA) is 198 Å². The third-order valence-electron chi connectivity index (χ3n) is 10.7. The van der Waals surface area contributed by atoms with Gasteiger partial charge >= 0.3 is 0 Å². The number of likely N-dealkylation sites (N-methyl/N-ethyl adjacent to an activating group) is 1. The SMILES string of the molecule is C[C@@H]1CNc2c(sc3ccc4nc(Nc5ccccc5NC(=O)/C=C/[C@@H]5CNc6c(sc7ccc(C(=O)Nc8cccc(NC(=O)/C=C/CN(C)C)c8)cc67)C(=O)N5)ccc4c23)C(=O)N1.